The van der Waals surface area contributed by atoms with Gasteiger partial charge < -0.3 is 40.6 Å². The van der Waals surface area contributed by atoms with Crippen molar-refractivity contribution in [3.63, 3.8) is 0 Å². The number of aromatic hydroxyl groups is 1. The number of phenolic OH excluding ortho intramolecular Hbond substituents is 1. The van der Waals surface area contributed by atoms with Crippen molar-refractivity contribution in [1.82, 2.24) is 15.2 Å². The predicted octanol–water partition coefficient (Wildman–Crippen LogP) is 6.92. The number of benzene rings is 3. The maximum atomic E-state index is 13.1. The second-order valence-corrected chi connectivity index (χ2v) is 15.8. The Hall–Kier alpha value is -4.42. The topological polar surface area (TPSA) is 164 Å². The zero-order valence-corrected chi connectivity index (χ0v) is 32.5. The number of methoxy groups -OCH3 is 1. The number of aliphatic hydroxyl groups excluding tert-OH is 1. The monoisotopic (exact) mass is 772 g/mol. The number of piperidine rings is 1. The van der Waals surface area contributed by atoms with Crippen LogP contribution in [0.1, 0.15) is 86.1 Å². The maximum absolute atomic E-state index is 13.1. The number of aliphatic hydroxyl groups is 1. The zero-order valence-electron chi connectivity index (χ0n) is 31.7. The second kappa shape index (κ2) is 18.0. The number of aliphatic carboxylic acids is 1. The molecular formula is C43H53ClN4O7. The summed E-state index contributed by atoms with van der Waals surface area (Å²) in [5.74, 6) is 0.207. The molecule has 6 N–H and O–H groups in total. The lowest BCUT2D eigenvalue weighted by Gasteiger charge is -2.44. The number of pyridine rings is 1. The largest absolute Gasteiger partial charge is 0.506 e. The van der Waals surface area contributed by atoms with Crippen molar-refractivity contribution >= 4 is 40.1 Å². The number of H-pyrrole nitrogens is 1. The fraction of sp³-hybridized carbons (Fsp3) is 0.465. The standard InChI is InChI=1S/C43H53ClN4O7/c1-48-19-16-28(17-20-48)22-30-9-3-4-18-43(30,42(53)54)31-10-5-7-27(21-31)8-6-11-39(51)46-35-24-38(55-2)29(23-34(35)44)25-45-26-37(50)32-12-14-36(49)41-33(32)13-15-40(52)47-41/h5,7,10,12-15,21,23-24,28,30,37,45,49-50H,3-4,6,8-9,11,16-20,22,25-26H2,1-2H3,(H,46,51)(H,47,52)(H,53,54)/t30?,37-,43?/m0/s1. The van der Waals surface area contributed by atoms with Gasteiger partial charge in [0.25, 0.3) is 0 Å². The first-order valence-corrected chi connectivity index (χ1v) is 19.8. The van der Waals surface area contributed by atoms with Crippen molar-refractivity contribution in [1.29, 1.82) is 0 Å². The number of hydrogen-bond donors (Lipinski definition) is 6. The Labute approximate surface area is 327 Å². The minimum Gasteiger partial charge on any atom is -0.506 e. The van der Waals surface area contributed by atoms with Gasteiger partial charge in [0.15, 0.2) is 0 Å². The van der Waals surface area contributed by atoms with Crippen LogP contribution in [0.25, 0.3) is 10.9 Å². The lowest BCUT2D eigenvalue weighted by Crippen LogP contribution is -2.46. The van der Waals surface area contributed by atoms with E-state index in [1.807, 2.05) is 18.2 Å². The van der Waals surface area contributed by atoms with Gasteiger partial charge in [-0.05, 0) is 112 Å². The number of nitrogens with one attached hydrogen (secondary N) is 3. The maximum Gasteiger partial charge on any atom is 0.314 e. The summed E-state index contributed by atoms with van der Waals surface area (Å²) in [5.41, 5.74) is 2.66. The summed E-state index contributed by atoms with van der Waals surface area (Å²) in [6.45, 7) is 2.62. The van der Waals surface area contributed by atoms with E-state index >= 15 is 0 Å². The van der Waals surface area contributed by atoms with Crippen molar-refractivity contribution in [2.45, 2.75) is 82.3 Å². The number of carboxylic acids is 1. The molecule has 3 atom stereocenters. The van der Waals surface area contributed by atoms with E-state index in [0.717, 1.165) is 68.3 Å². The first-order valence-electron chi connectivity index (χ1n) is 19.4. The van der Waals surface area contributed by atoms with Crippen LogP contribution in [-0.2, 0) is 28.0 Å². The summed E-state index contributed by atoms with van der Waals surface area (Å²) in [7, 11) is 3.69. The van der Waals surface area contributed by atoms with Crippen LogP contribution >= 0.6 is 11.6 Å². The molecule has 1 saturated heterocycles. The molecule has 11 nitrogen and oxygen atoms in total. The van der Waals surface area contributed by atoms with Crippen LogP contribution < -0.4 is 20.9 Å². The number of ether oxygens (including phenoxy) is 1. The van der Waals surface area contributed by atoms with Crippen LogP contribution in [0.3, 0.4) is 0 Å². The molecule has 1 aliphatic carbocycles. The summed E-state index contributed by atoms with van der Waals surface area (Å²) in [6, 6.07) is 17.4. The summed E-state index contributed by atoms with van der Waals surface area (Å²) in [6.07, 6.45) is 7.35. The Kier molecular flexibility index (Phi) is 13.2. The van der Waals surface area contributed by atoms with Gasteiger partial charge in [0.2, 0.25) is 11.5 Å². The van der Waals surface area contributed by atoms with E-state index in [1.165, 1.54) is 19.2 Å². The fourth-order valence-electron chi connectivity index (χ4n) is 8.74. The number of hydrogen-bond acceptors (Lipinski definition) is 8. The Balaban J connectivity index is 1.04. The Morgan fingerprint density at radius 3 is 2.64 bits per heavy atom. The van der Waals surface area contributed by atoms with E-state index in [2.05, 4.69) is 33.6 Å². The molecule has 12 heteroatoms. The molecule has 0 radical (unpaired) electrons. The van der Waals surface area contributed by atoms with Crippen LogP contribution in [0.5, 0.6) is 11.5 Å². The van der Waals surface area contributed by atoms with Gasteiger partial charge in [-0.15, -0.1) is 0 Å². The number of rotatable bonds is 15. The highest BCUT2D eigenvalue weighted by Gasteiger charge is 2.49. The molecule has 3 aromatic carbocycles. The van der Waals surface area contributed by atoms with Gasteiger partial charge in [-0.3, -0.25) is 14.4 Å². The minimum atomic E-state index is -0.937. The molecule has 55 heavy (non-hydrogen) atoms. The highest BCUT2D eigenvalue weighted by atomic mass is 35.5. The summed E-state index contributed by atoms with van der Waals surface area (Å²) >= 11 is 6.62. The van der Waals surface area contributed by atoms with Gasteiger partial charge in [0, 0.05) is 42.6 Å². The predicted molar refractivity (Wildman–Crippen MR) is 215 cm³/mol. The number of carboxylic acid groups (broad SMARTS) is 1. The molecule has 1 amide bonds. The van der Waals surface area contributed by atoms with Crippen molar-refractivity contribution in [2.24, 2.45) is 11.8 Å². The van der Waals surface area contributed by atoms with Crippen LogP contribution in [-0.4, -0.2) is 70.9 Å². The van der Waals surface area contributed by atoms with Crippen molar-refractivity contribution in [2.75, 3.05) is 39.1 Å². The summed E-state index contributed by atoms with van der Waals surface area (Å²) < 4.78 is 5.61. The third kappa shape index (κ3) is 9.35. The smallest absolute Gasteiger partial charge is 0.314 e. The van der Waals surface area contributed by atoms with Gasteiger partial charge in [-0.25, -0.2) is 0 Å². The molecule has 4 aromatic rings. The molecule has 2 aliphatic rings. The van der Waals surface area contributed by atoms with Crippen LogP contribution in [0, 0.1) is 11.8 Å². The molecule has 0 spiro atoms. The molecule has 0 bridgehead atoms. The van der Waals surface area contributed by atoms with E-state index in [9.17, 15) is 29.7 Å². The lowest BCUT2D eigenvalue weighted by atomic mass is 9.59. The molecule has 294 valence electrons. The molecule has 6 rings (SSSR count). The quantitative estimate of drug-likeness (QED) is 0.0753. The Morgan fingerprint density at radius 2 is 1.87 bits per heavy atom. The fourth-order valence-corrected chi connectivity index (χ4v) is 8.97. The van der Waals surface area contributed by atoms with Gasteiger partial charge in [0.1, 0.15) is 11.5 Å². The number of fused-ring (bicyclic) bond motifs is 1. The van der Waals surface area contributed by atoms with E-state index < -0.39 is 17.5 Å². The van der Waals surface area contributed by atoms with E-state index in [4.69, 9.17) is 16.3 Å². The number of amides is 1. The first kappa shape index (κ1) is 40.2. The van der Waals surface area contributed by atoms with Crippen molar-refractivity contribution in [3.05, 3.63) is 98.3 Å². The number of likely N-dealkylation sites (tertiary alicyclic amines) is 1. The highest BCUT2D eigenvalue weighted by molar-refractivity contribution is 6.33. The third-order valence-corrected chi connectivity index (χ3v) is 12.1. The lowest BCUT2D eigenvalue weighted by molar-refractivity contribution is -0.148. The average Bonchev–Trinajstić information content (AvgIpc) is 3.17. The molecule has 2 fully saturated rings. The van der Waals surface area contributed by atoms with E-state index in [0.29, 0.717) is 59.1 Å². The highest BCUT2D eigenvalue weighted by Crippen LogP contribution is 2.48. The Bertz CT molecular complexity index is 2050. The summed E-state index contributed by atoms with van der Waals surface area (Å²) in [4.78, 5) is 43.0. The average molecular weight is 773 g/mol. The third-order valence-electron chi connectivity index (χ3n) is 11.8. The molecular weight excluding hydrogens is 720 g/mol. The number of nitrogens with zero attached hydrogens (tertiary/aromatic N) is 1. The number of carbonyl (C=O) groups is 2. The van der Waals surface area contributed by atoms with Gasteiger partial charge >= 0.3 is 5.97 Å². The first-order chi connectivity index (χ1) is 26.5. The van der Waals surface area contributed by atoms with Crippen LogP contribution in [0.4, 0.5) is 5.69 Å². The molecule has 1 saturated carbocycles. The second-order valence-electron chi connectivity index (χ2n) is 15.4. The summed E-state index contributed by atoms with van der Waals surface area (Å²) in [5, 5.41) is 38.9. The zero-order chi connectivity index (χ0) is 39.1. The normalized spacial score (nSPS) is 20.0. The molecule has 2 heterocycles. The number of anilines is 1. The van der Waals surface area contributed by atoms with Gasteiger partial charge in [0.05, 0.1) is 34.9 Å². The Morgan fingerprint density at radius 1 is 1.07 bits per heavy atom. The number of aromatic amines is 1. The van der Waals surface area contributed by atoms with Crippen molar-refractivity contribution in [3.8, 4) is 11.5 Å². The molecule has 2 unspecified atom stereocenters. The minimum absolute atomic E-state index is 0.0789. The van der Waals surface area contributed by atoms with E-state index in [-0.39, 0.29) is 41.6 Å². The molecule has 1 aliphatic heterocycles. The van der Waals surface area contributed by atoms with E-state index in [1.54, 1.807) is 24.3 Å². The van der Waals surface area contributed by atoms with Crippen LogP contribution in [0.2, 0.25) is 5.02 Å². The number of halogens is 1. The molecule has 1 aromatic heterocycles. The number of aromatic nitrogens is 1. The van der Waals surface area contributed by atoms with Gasteiger partial charge in [-0.2, -0.15) is 0 Å². The number of aryl methyl sites for hydroxylation is 1. The van der Waals surface area contributed by atoms with Crippen LogP contribution in [0.15, 0.2) is 65.5 Å². The van der Waals surface area contributed by atoms with Gasteiger partial charge in [-0.1, -0.05) is 54.8 Å². The number of carbonyl (C=O) groups excluding carboxylic acids is 1. The SMILES string of the molecule is COc1cc(NC(=O)CCCc2cccc(C3(C(=O)O)CCCCC3CC3CCN(C)CC3)c2)c(Cl)cc1CNC[C@H](O)c1ccc(O)c2[nH]c(=O)ccc12. The number of phenols is 1. The van der Waals surface area contributed by atoms with Crippen molar-refractivity contribution < 1.29 is 29.6 Å².